The number of alkyl halides is 12. The second kappa shape index (κ2) is 25.3. The summed E-state index contributed by atoms with van der Waals surface area (Å²) < 4.78 is 177. The minimum Gasteiger partial charge on any atom is -0.444 e. The van der Waals surface area contributed by atoms with Gasteiger partial charge in [-0.05, 0) is 147 Å². The van der Waals surface area contributed by atoms with E-state index in [4.69, 9.17) is 19.9 Å². The van der Waals surface area contributed by atoms with E-state index in [2.05, 4.69) is 26.6 Å². The monoisotopic (exact) mass is 1160 g/mol. The van der Waals surface area contributed by atoms with Crippen LogP contribution in [0.25, 0.3) is 0 Å². The molecular formula is C57H70F12N6O6. The number of benzene rings is 4. The molecule has 2 heterocycles. The van der Waals surface area contributed by atoms with Crippen molar-refractivity contribution in [1.82, 2.24) is 26.6 Å². The van der Waals surface area contributed by atoms with Crippen molar-refractivity contribution in [2.24, 2.45) is 5.73 Å². The smallest absolute Gasteiger partial charge is 0.416 e. The third-order valence-corrected chi connectivity index (χ3v) is 13.8. The lowest BCUT2D eigenvalue weighted by molar-refractivity contribution is -0.145. The Kier molecular flexibility index (Phi) is 20.5. The fraction of sp³-hybridized carbons (Fsp3) is 0.526. The van der Waals surface area contributed by atoms with Gasteiger partial charge in [0, 0.05) is 25.2 Å². The molecule has 0 spiro atoms. The van der Waals surface area contributed by atoms with Gasteiger partial charge < -0.3 is 46.5 Å². The van der Waals surface area contributed by atoms with E-state index in [-0.39, 0.29) is 61.0 Å². The fourth-order valence-corrected chi connectivity index (χ4v) is 9.03. The number of hydrogen-bond donors (Lipinski definition) is 6. The zero-order valence-electron chi connectivity index (χ0n) is 46.3. The number of hydrogen-bond acceptors (Lipinski definition) is 9. The molecule has 448 valence electrons. The van der Waals surface area contributed by atoms with E-state index in [1.807, 2.05) is 60.7 Å². The Hall–Kier alpha value is -5.95. The molecule has 2 aliphatic rings. The lowest BCUT2D eigenvalue weighted by atomic mass is 9.81. The zero-order valence-corrected chi connectivity index (χ0v) is 46.3. The van der Waals surface area contributed by atoms with Crippen LogP contribution in [-0.2, 0) is 59.6 Å². The summed E-state index contributed by atoms with van der Waals surface area (Å²) in [5, 5.41) is 15.2. The van der Waals surface area contributed by atoms with Crippen molar-refractivity contribution in [3.8, 4) is 0 Å². The summed E-state index contributed by atoms with van der Waals surface area (Å²) in [4.78, 5) is 37.5. The van der Waals surface area contributed by atoms with Crippen LogP contribution in [0, 0.1) is 0 Å². The van der Waals surface area contributed by atoms with Gasteiger partial charge >= 0.3 is 30.8 Å². The highest BCUT2D eigenvalue weighted by Crippen LogP contribution is 2.41. The van der Waals surface area contributed by atoms with E-state index in [9.17, 15) is 67.1 Å². The number of amides is 3. The predicted octanol–water partition coefficient (Wildman–Crippen LogP) is 12.2. The Morgan fingerprint density at radius 2 is 0.889 bits per heavy atom. The predicted molar refractivity (Wildman–Crippen MR) is 278 cm³/mol. The van der Waals surface area contributed by atoms with Crippen LogP contribution in [0.15, 0.2) is 97.1 Å². The van der Waals surface area contributed by atoms with Crippen molar-refractivity contribution < 1.29 is 81.3 Å². The SMILES string of the molecule is C[C@@H](OC[C@@]1(c2ccccc2)CC[C@H](NC(=O)C(C)(C)N)CN1)c1cc(C(F)(F)F)cc(C(F)(F)F)c1.C[C@@H](OC[C@@]1(c2ccccc2)CC[C@H](NC(=O)C(C)(C)NC(=O)OC(C)(C)C)CN1)c1cc(C(F)(F)F)cc(C(F)(F)F)c1. The van der Waals surface area contributed by atoms with Gasteiger partial charge in [0.05, 0.1) is 64.3 Å². The standard InChI is InChI=1S/C31H39F6N3O4.C26H31F6N3O2/c1-19(20-14-22(30(32,33)34)16-23(15-20)31(35,36)37)43-18-29(21-10-8-7-9-11-21)13-12-24(17-38-29)39-25(41)28(5,6)40-26(42)44-27(2,3)4;1-16(17-11-19(25(27,28)29)13-20(12-17)26(30,31)32)37-15-24(18-7-5-4-6-8-18)10-9-21(14-34-24)35-22(36)23(2,3)33/h7-11,14-16,19,24,38H,12-13,17-18H2,1-6H3,(H,39,41)(H,40,42);4-8,11-13,16,21,34H,9-10,14-15,33H2,1-3H3,(H,35,36)/t19-,24+,29-;16-,21+,24-/m11/s1. The van der Waals surface area contributed by atoms with Gasteiger partial charge in [0.15, 0.2) is 0 Å². The molecule has 2 saturated heterocycles. The number of alkyl carbamates (subject to hydrolysis) is 1. The van der Waals surface area contributed by atoms with Gasteiger partial charge in [-0.15, -0.1) is 0 Å². The van der Waals surface area contributed by atoms with Crippen molar-refractivity contribution in [2.45, 2.75) is 165 Å². The summed E-state index contributed by atoms with van der Waals surface area (Å²) >= 11 is 0. The molecule has 6 rings (SSSR count). The highest BCUT2D eigenvalue weighted by molar-refractivity contribution is 5.89. The molecule has 0 aliphatic carbocycles. The average Bonchev–Trinajstić information content (AvgIpc) is 3.40. The number of carbonyl (C=O) groups excluding carboxylic acids is 3. The van der Waals surface area contributed by atoms with Crippen molar-refractivity contribution in [3.63, 3.8) is 0 Å². The topological polar surface area (TPSA) is 165 Å². The maximum Gasteiger partial charge on any atom is 0.416 e. The number of nitrogens with two attached hydrogens (primary N) is 1. The highest BCUT2D eigenvalue weighted by Gasteiger charge is 2.43. The third-order valence-electron chi connectivity index (χ3n) is 13.8. The molecule has 3 amide bonds. The second-order valence-corrected chi connectivity index (χ2v) is 22.6. The number of nitrogens with one attached hydrogen (secondary N) is 5. The molecular weight excluding hydrogens is 1090 g/mol. The average molecular weight is 1160 g/mol. The van der Waals surface area contributed by atoms with Gasteiger partial charge in [0.1, 0.15) is 11.1 Å². The van der Waals surface area contributed by atoms with E-state index < -0.39 is 98.9 Å². The van der Waals surface area contributed by atoms with Crippen molar-refractivity contribution >= 4 is 17.9 Å². The Bertz CT molecular complexity index is 2680. The summed E-state index contributed by atoms with van der Waals surface area (Å²) in [6, 6.07) is 20.7. The van der Waals surface area contributed by atoms with Gasteiger partial charge in [0.25, 0.3) is 0 Å². The minimum atomic E-state index is -4.97. The van der Waals surface area contributed by atoms with Crippen LogP contribution in [0.2, 0.25) is 0 Å². The molecule has 4 aromatic rings. The van der Waals surface area contributed by atoms with Crippen molar-refractivity contribution in [2.75, 3.05) is 26.3 Å². The van der Waals surface area contributed by atoms with Gasteiger partial charge in [-0.25, -0.2) is 4.79 Å². The maximum absolute atomic E-state index is 13.4. The minimum absolute atomic E-state index is 0.0151. The van der Waals surface area contributed by atoms with Crippen LogP contribution in [0.1, 0.15) is 145 Å². The van der Waals surface area contributed by atoms with Crippen molar-refractivity contribution in [3.05, 3.63) is 142 Å². The molecule has 2 fully saturated rings. The first-order valence-corrected chi connectivity index (χ1v) is 26.0. The first kappa shape index (κ1) is 65.9. The number of rotatable bonds is 15. The Morgan fingerprint density at radius 1 is 0.556 bits per heavy atom. The van der Waals surface area contributed by atoms with E-state index >= 15 is 0 Å². The van der Waals surface area contributed by atoms with Crippen molar-refractivity contribution in [1.29, 1.82) is 0 Å². The lowest BCUT2D eigenvalue weighted by Crippen LogP contribution is -2.61. The van der Waals surface area contributed by atoms with Crippen LogP contribution in [-0.4, -0.2) is 73.0 Å². The number of halogens is 12. The summed E-state index contributed by atoms with van der Waals surface area (Å²) in [6.07, 6.45) is -20.8. The summed E-state index contributed by atoms with van der Waals surface area (Å²) in [5.41, 5.74) is -3.22. The zero-order chi connectivity index (χ0) is 60.8. The molecule has 6 atom stereocenters. The molecule has 24 heteroatoms. The molecule has 0 unspecified atom stereocenters. The van der Waals surface area contributed by atoms with Crippen LogP contribution in [0.3, 0.4) is 0 Å². The van der Waals surface area contributed by atoms with E-state index in [1.54, 1.807) is 48.5 Å². The molecule has 0 radical (unpaired) electrons. The Labute approximate surface area is 463 Å². The first-order chi connectivity index (χ1) is 37.1. The number of piperidine rings is 2. The van der Waals surface area contributed by atoms with Gasteiger partial charge in [-0.1, -0.05) is 60.7 Å². The highest BCUT2D eigenvalue weighted by atomic mass is 19.4. The third kappa shape index (κ3) is 18.5. The Balaban J connectivity index is 0.000000302. The van der Waals surface area contributed by atoms with Crippen LogP contribution >= 0.6 is 0 Å². The van der Waals surface area contributed by atoms with E-state index in [1.165, 1.54) is 13.8 Å². The summed E-state index contributed by atoms with van der Waals surface area (Å²) in [5.74, 6) is -0.737. The molecule has 0 aromatic heterocycles. The van der Waals surface area contributed by atoms with Crippen LogP contribution in [0.4, 0.5) is 57.5 Å². The molecule has 0 bridgehead atoms. The van der Waals surface area contributed by atoms with E-state index in [0.29, 0.717) is 56.5 Å². The van der Waals surface area contributed by atoms with Crippen LogP contribution < -0.4 is 32.3 Å². The normalized spacial score (nSPS) is 21.2. The largest absolute Gasteiger partial charge is 0.444 e. The number of ether oxygens (including phenoxy) is 3. The molecule has 7 N–H and O–H groups in total. The van der Waals surface area contributed by atoms with E-state index in [0.717, 1.165) is 11.1 Å². The quantitative estimate of drug-likeness (QED) is 0.0636. The molecule has 2 aliphatic heterocycles. The summed E-state index contributed by atoms with van der Waals surface area (Å²) in [7, 11) is 0. The van der Waals surface area contributed by atoms with Gasteiger partial charge in [-0.3, -0.25) is 9.59 Å². The molecule has 81 heavy (non-hydrogen) atoms. The molecule has 12 nitrogen and oxygen atoms in total. The summed E-state index contributed by atoms with van der Waals surface area (Å²) in [6.45, 7) is 14.8. The van der Waals surface area contributed by atoms with Gasteiger partial charge in [0.2, 0.25) is 11.8 Å². The fourth-order valence-electron chi connectivity index (χ4n) is 9.03. The molecule has 4 aromatic carbocycles. The Morgan fingerprint density at radius 3 is 1.17 bits per heavy atom. The van der Waals surface area contributed by atoms with Crippen LogP contribution in [0.5, 0.6) is 0 Å². The maximum atomic E-state index is 13.4. The lowest BCUT2D eigenvalue weighted by Gasteiger charge is -2.43. The second-order valence-electron chi connectivity index (χ2n) is 22.6. The van der Waals surface area contributed by atoms with Gasteiger partial charge in [-0.2, -0.15) is 52.7 Å². The first-order valence-electron chi connectivity index (χ1n) is 26.0. The number of carbonyl (C=O) groups is 3. The molecule has 0 saturated carbocycles.